The van der Waals surface area contributed by atoms with Crippen molar-refractivity contribution in [2.45, 2.75) is 44.0 Å². The van der Waals surface area contributed by atoms with E-state index in [4.69, 9.17) is 0 Å². The molecule has 0 spiro atoms. The van der Waals surface area contributed by atoms with E-state index >= 15 is 0 Å². The fourth-order valence-electron chi connectivity index (χ4n) is 4.74. The van der Waals surface area contributed by atoms with Crippen LogP contribution in [0, 0.1) is 11.8 Å². The van der Waals surface area contributed by atoms with E-state index in [1.807, 2.05) is 24.5 Å². The molecular formula is C21H25N5O. The SMILES string of the molecule is OC(NC1=CC2CC(c3cn[nH]c3)CCC2C=N1)C1NCc2ccccc21. The number of hydrogen-bond donors (Lipinski definition) is 4. The number of H-pyrrole nitrogens is 1. The topological polar surface area (TPSA) is 85.3 Å². The molecule has 0 saturated heterocycles. The molecule has 1 fully saturated rings. The number of rotatable bonds is 4. The average molecular weight is 363 g/mol. The quantitative estimate of drug-likeness (QED) is 0.629. The first-order valence-electron chi connectivity index (χ1n) is 9.78. The predicted molar refractivity (Wildman–Crippen MR) is 104 cm³/mol. The molecule has 4 N–H and O–H groups in total. The van der Waals surface area contributed by atoms with Crippen LogP contribution in [-0.2, 0) is 6.54 Å². The highest BCUT2D eigenvalue weighted by Gasteiger charge is 2.33. The van der Waals surface area contributed by atoms with Crippen LogP contribution in [0.2, 0.25) is 0 Å². The van der Waals surface area contributed by atoms with E-state index in [0.717, 1.165) is 30.8 Å². The van der Waals surface area contributed by atoms with Gasteiger partial charge in [0.25, 0.3) is 0 Å². The van der Waals surface area contributed by atoms with Crippen LogP contribution >= 0.6 is 0 Å². The number of fused-ring (bicyclic) bond motifs is 2. The minimum atomic E-state index is -0.707. The molecule has 1 aromatic heterocycles. The van der Waals surface area contributed by atoms with E-state index in [1.165, 1.54) is 17.5 Å². The second-order valence-electron chi connectivity index (χ2n) is 7.85. The number of aliphatic imine (C=N–C) groups is 1. The lowest BCUT2D eigenvalue weighted by molar-refractivity contribution is 0.107. The van der Waals surface area contributed by atoms with Gasteiger partial charge in [-0.25, -0.2) is 4.99 Å². The molecule has 6 heteroatoms. The Kier molecular flexibility index (Phi) is 4.30. The maximum absolute atomic E-state index is 10.7. The molecule has 27 heavy (non-hydrogen) atoms. The van der Waals surface area contributed by atoms with Gasteiger partial charge >= 0.3 is 0 Å². The maximum Gasteiger partial charge on any atom is 0.145 e. The maximum atomic E-state index is 10.7. The van der Waals surface area contributed by atoms with E-state index in [9.17, 15) is 5.11 Å². The van der Waals surface area contributed by atoms with Crippen LogP contribution in [0.25, 0.3) is 0 Å². The summed E-state index contributed by atoms with van der Waals surface area (Å²) in [5.41, 5.74) is 3.71. The van der Waals surface area contributed by atoms with Gasteiger partial charge in [-0.15, -0.1) is 0 Å². The molecule has 2 aromatic rings. The number of aromatic nitrogens is 2. The highest BCUT2D eigenvalue weighted by molar-refractivity contribution is 5.65. The smallest absolute Gasteiger partial charge is 0.145 e. The first-order valence-corrected chi connectivity index (χ1v) is 9.78. The number of benzene rings is 1. The lowest BCUT2D eigenvalue weighted by atomic mass is 9.72. The van der Waals surface area contributed by atoms with Gasteiger partial charge in [-0.3, -0.25) is 5.10 Å². The number of hydrogen-bond acceptors (Lipinski definition) is 5. The zero-order valence-corrected chi connectivity index (χ0v) is 15.2. The van der Waals surface area contributed by atoms with Gasteiger partial charge in [0.15, 0.2) is 0 Å². The van der Waals surface area contributed by atoms with Crippen molar-refractivity contribution >= 4 is 6.21 Å². The van der Waals surface area contributed by atoms with Crippen molar-refractivity contribution in [1.29, 1.82) is 0 Å². The molecule has 6 nitrogen and oxygen atoms in total. The number of nitrogens with one attached hydrogen (secondary N) is 3. The number of nitrogens with zero attached hydrogens (tertiary/aromatic N) is 2. The number of aromatic amines is 1. The molecule has 0 amide bonds. The molecule has 1 saturated carbocycles. The molecule has 0 radical (unpaired) electrons. The standard InChI is InChI=1S/C21H25N5O/c27-21(20-18-4-2-1-3-15(18)10-23-20)26-19-8-16-7-13(17-11-24-25-12-17)5-6-14(16)9-22-19/h1-4,8-9,11-14,16,20-21,23,26-27H,5-7,10H2,(H,24,25). The summed E-state index contributed by atoms with van der Waals surface area (Å²) in [5.74, 6) is 2.28. The van der Waals surface area contributed by atoms with Crippen molar-refractivity contribution in [3.63, 3.8) is 0 Å². The zero-order valence-electron chi connectivity index (χ0n) is 15.2. The minimum Gasteiger partial charge on any atom is -0.372 e. The predicted octanol–water partition coefficient (Wildman–Crippen LogP) is 2.59. The van der Waals surface area contributed by atoms with E-state index in [0.29, 0.717) is 17.8 Å². The third kappa shape index (κ3) is 3.19. The van der Waals surface area contributed by atoms with Gasteiger partial charge in [0.2, 0.25) is 0 Å². The lowest BCUT2D eigenvalue weighted by Crippen LogP contribution is -2.39. The Bertz CT molecular complexity index is 859. The molecule has 5 atom stereocenters. The Balaban J connectivity index is 1.28. The van der Waals surface area contributed by atoms with Crippen LogP contribution in [0.1, 0.15) is 47.9 Å². The monoisotopic (exact) mass is 363 g/mol. The van der Waals surface area contributed by atoms with Gasteiger partial charge in [-0.2, -0.15) is 5.10 Å². The average Bonchev–Trinajstić information content (AvgIpc) is 3.37. The molecular weight excluding hydrogens is 338 g/mol. The summed E-state index contributed by atoms with van der Waals surface area (Å²) in [6.45, 7) is 0.791. The Morgan fingerprint density at radius 1 is 1.19 bits per heavy atom. The molecule has 140 valence electrons. The summed E-state index contributed by atoms with van der Waals surface area (Å²) in [5, 5.41) is 24.4. The second kappa shape index (κ2) is 6.94. The molecule has 1 aliphatic carbocycles. The summed E-state index contributed by atoms with van der Waals surface area (Å²) < 4.78 is 0. The van der Waals surface area contributed by atoms with Gasteiger partial charge in [-0.1, -0.05) is 24.3 Å². The highest BCUT2D eigenvalue weighted by atomic mass is 16.3. The first-order chi connectivity index (χ1) is 13.3. The first kappa shape index (κ1) is 16.7. The number of allylic oxidation sites excluding steroid dienone is 1. The summed E-state index contributed by atoms with van der Waals surface area (Å²) in [4.78, 5) is 4.59. The number of aliphatic hydroxyl groups excluding tert-OH is 1. The normalized spacial score (nSPS) is 30.3. The van der Waals surface area contributed by atoms with E-state index in [2.05, 4.69) is 50.2 Å². The van der Waals surface area contributed by atoms with Crippen molar-refractivity contribution in [3.8, 4) is 0 Å². The third-order valence-electron chi connectivity index (χ3n) is 6.24. The van der Waals surface area contributed by atoms with Crippen molar-refractivity contribution in [2.24, 2.45) is 16.8 Å². The van der Waals surface area contributed by atoms with Gasteiger partial charge in [0.05, 0.1) is 12.2 Å². The van der Waals surface area contributed by atoms with Crippen molar-refractivity contribution in [1.82, 2.24) is 20.8 Å². The minimum absolute atomic E-state index is 0.111. The summed E-state index contributed by atoms with van der Waals surface area (Å²) in [7, 11) is 0. The molecule has 3 aliphatic rings. The van der Waals surface area contributed by atoms with Crippen LogP contribution in [0.4, 0.5) is 0 Å². The fourth-order valence-corrected chi connectivity index (χ4v) is 4.74. The van der Waals surface area contributed by atoms with Crippen LogP contribution in [0.15, 0.2) is 53.5 Å². The van der Waals surface area contributed by atoms with Crippen LogP contribution in [-0.4, -0.2) is 27.7 Å². The molecule has 0 bridgehead atoms. The van der Waals surface area contributed by atoms with Crippen molar-refractivity contribution < 1.29 is 5.11 Å². The highest BCUT2D eigenvalue weighted by Crippen LogP contribution is 2.41. The fraction of sp³-hybridized carbons (Fsp3) is 0.429. The second-order valence-corrected chi connectivity index (χ2v) is 7.85. The zero-order chi connectivity index (χ0) is 18.2. The van der Waals surface area contributed by atoms with Crippen LogP contribution in [0.3, 0.4) is 0 Å². The lowest BCUT2D eigenvalue weighted by Gasteiger charge is -2.35. The van der Waals surface area contributed by atoms with E-state index in [1.54, 1.807) is 0 Å². The third-order valence-corrected chi connectivity index (χ3v) is 6.24. The Labute approximate surface area is 158 Å². The van der Waals surface area contributed by atoms with Gasteiger partial charge < -0.3 is 15.7 Å². The molecule has 3 heterocycles. The summed E-state index contributed by atoms with van der Waals surface area (Å²) >= 11 is 0. The largest absolute Gasteiger partial charge is 0.372 e. The van der Waals surface area contributed by atoms with Gasteiger partial charge in [0.1, 0.15) is 12.0 Å². The number of aliphatic hydroxyl groups is 1. The van der Waals surface area contributed by atoms with E-state index in [-0.39, 0.29) is 6.04 Å². The Morgan fingerprint density at radius 2 is 2.11 bits per heavy atom. The Hall–Kier alpha value is -2.44. The van der Waals surface area contributed by atoms with Gasteiger partial charge in [0, 0.05) is 24.9 Å². The van der Waals surface area contributed by atoms with Crippen molar-refractivity contribution in [3.05, 3.63) is 65.2 Å². The molecule has 5 unspecified atom stereocenters. The van der Waals surface area contributed by atoms with Gasteiger partial charge in [-0.05, 0) is 53.9 Å². The molecule has 5 rings (SSSR count). The van der Waals surface area contributed by atoms with Crippen molar-refractivity contribution in [2.75, 3.05) is 0 Å². The summed E-state index contributed by atoms with van der Waals surface area (Å²) in [6.07, 6.45) is 10.9. The van der Waals surface area contributed by atoms with Crippen LogP contribution in [0.5, 0.6) is 0 Å². The Morgan fingerprint density at radius 3 is 3.00 bits per heavy atom. The molecule has 2 aliphatic heterocycles. The summed E-state index contributed by atoms with van der Waals surface area (Å²) in [6, 6.07) is 8.13. The van der Waals surface area contributed by atoms with Crippen LogP contribution < -0.4 is 10.6 Å². The van der Waals surface area contributed by atoms with E-state index < -0.39 is 6.23 Å². The molecule has 1 aromatic carbocycles.